The SMILES string of the molecule is COC(C)(CC(=O)Nc1cccc(OC(=O)N(C)C)c1)OC. The molecule has 0 fully saturated rings. The Kier molecular flexibility index (Phi) is 6.33. The second-order valence-corrected chi connectivity index (χ2v) is 5.06. The molecule has 1 rings (SSSR count). The lowest BCUT2D eigenvalue weighted by Gasteiger charge is -2.25. The van der Waals surface area contributed by atoms with Gasteiger partial charge in [0, 0.05) is 40.1 Å². The number of hydrogen-bond acceptors (Lipinski definition) is 5. The van der Waals surface area contributed by atoms with Gasteiger partial charge in [0.25, 0.3) is 0 Å². The molecule has 1 aromatic carbocycles. The summed E-state index contributed by atoms with van der Waals surface area (Å²) in [7, 11) is 6.12. The fourth-order valence-corrected chi connectivity index (χ4v) is 1.55. The number of methoxy groups -OCH3 is 2. The van der Waals surface area contributed by atoms with Crippen molar-refractivity contribution in [3.8, 4) is 5.75 Å². The number of carbonyl (C=O) groups excluding carboxylic acids is 2. The van der Waals surface area contributed by atoms with E-state index in [-0.39, 0.29) is 12.3 Å². The number of benzene rings is 1. The van der Waals surface area contributed by atoms with E-state index in [4.69, 9.17) is 14.2 Å². The first-order valence-electron chi connectivity index (χ1n) is 6.69. The minimum atomic E-state index is -0.987. The van der Waals surface area contributed by atoms with E-state index >= 15 is 0 Å². The molecule has 0 atom stereocenters. The summed E-state index contributed by atoms with van der Waals surface area (Å²) >= 11 is 0. The molecule has 1 aromatic rings. The first-order chi connectivity index (χ1) is 10.3. The molecule has 22 heavy (non-hydrogen) atoms. The Hall–Kier alpha value is -2.12. The van der Waals surface area contributed by atoms with Gasteiger partial charge >= 0.3 is 6.09 Å². The van der Waals surface area contributed by atoms with E-state index < -0.39 is 11.9 Å². The van der Waals surface area contributed by atoms with Crippen LogP contribution in [0.25, 0.3) is 0 Å². The lowest BCUT2D eigenvalue weighted by Crippen LogP contribution is -2.34. The fraction of sp³-hybridized carbons (Fsp3) is 0.467. The van der Waals surface area contributed by atoms with E-state index in [0.29, 0.717) is 11.4 Å². The molecule has 0 saturated heterocycles. The average Bonchev–Trinajstić information content (AvgIpc) is 2.47. The van der Waals surface area contributed by atoms with Crippen molar-refractivity contribution >= 4 is 17.7 Å². The lowest BCUT2D eigenvalue weighted by atomic mass is 10.2. The van der Waals surface area contributed by atoms with Crippen LogP contribution in [-0.2, 0) is 14.3 Å². The molecule has 0 heterocycles. The van der Waals surface area contributed by atoms with Gasteiger partial charge in [-0.2, -0.15) is 0 Å². The van der Waals surface area contributed by atoms with Crippen molar-refractivity contribution in [2.45, 2.75) is 19.1 Å². The second-order valence-electron chi connectivity index (χ2n) is 5.06. The summed E-state index contributed by atoms with van der Waals surface area (Å²) in [6.07, 6.45) is -0.461. The summed E-state index contributed by atoms with van der Waals surface area (Å²) in [4.78, 5) is 24.8. The van der Waals surface area contributed by atoms with Crippen LogP contribution in [0.2, 0.25) is 0 Å². The number of ether oxygens (including phenoxy) is 3. The molecule has 0 aliphatic heterocycles. The van der Waals surface area contributed by atoms with Gasteiger partial charge in [0.15, 0.2) is 5.79 Å². The molecule has 0 aliphatic carbocycles. The van der Waals surface area contributed by atoms with Crippen LogP contribution in [0.5, 0.6) is 5.75 Å². The van der Waals surface area contributed by atoms with E-state index in [1.165, 1.54) is 19.1 Å². The third kappa shape index (κ3) is 5.34. The van der Waals surface area contributed by atoms with Gasteiger partial charge in [-0.25, -0.2) is 4.79 Å². The Bertz CT molecular complexity index is 526. The summed E-state index contributed by atoms with van der Waals surface area (Å²) in [5, 5.41) is 2.71. The molecule has 0 saturated carbocycles. The zero-order chi connectivity index (χ0) is 16.8. The van der Waals surface area contributed by atoms with Crippen molar-refractivity contribution < 1.29 is 23.8 Å². The summed E-state index contributed by atoms with van der Waals surface area (Å²) < 4.78 is 15.4. The monoisotopic (exact) mass is 310 g/mol. The summed E-state index contributed by atoms with van der Waals surface area (Å²) in [5.41, 5.74) is 0.517. The minimum absolute atomic E-state index is 0.0295. The molecule has 7 heteroatoms. The molecule has 0 spiro atoms. The Balaban J connectivity index is 2.70. The van der Waals surface area contributed by atoms with Crippen molar-refractivity contribution in [3.05, 3.63) is 24.3 Å². The normalized spacial score (nSPS) is 11.0. The number of rotatable bonds is 6. The van der Waals surface area contributed by atoms with E-state index in [1.54, 1.807) is 45.3 Å². The molecule has 0 radical (unpaired) electrons. The quantitative estimate of drug-likeness (QED) is 0.814. The van der Waals surface area contributed by atoms with Gasteiger partial charge in [0.2, 0.25) is 5.91 Å². The maximum atomic E-state index is 12.0. The van der Waals surface area contributed by atoms with Crippen molar-refractivity contribution in [3.63, 3.8) is 0 Å². The first-order valence-corrected chi connectivity index (χ1v) is 6.69. The molecule has 0 unspecified atom stereocenters. The zero-order valence-electron chi connectivity index (χ0n) is 13.5. The fourth-order valence-electron chi connectivity index (χ4n) is 1.55. The van der Waals surface area contributed by atoms with Crippen molar-refractivity contribution in [1.29, 1.82) is 0 Å². The van der Waals surface area contributed by atoms with Gasteiger partial charge in [-0.15, -0.1) is 0 Å². The van der Waals surface area contributed by atoms with Crippen LogP contribution in [0.15, 0.2) is 24.3 Å². The highest BCUT2D eigenvalue weighted by molar-refractivity contribution is 5.91. The Labute approximate surface area is 130 Å². The average molecular weight is 310 g/mol. The summed E-state index contributed by atoms with van der Waals surface area (Å²) in [5.74, 6) is -0.918. The molecule has 0 aliphatic rings. The topological polar surface area (TPSA) is 77.1 Å². The Morgan fingerprint density at radius 2 is 1.86 bits per heavy atom. The van der Waals surface area contributed by atoms with Gasteiger partial charge in [-0.05, 0) is 19.1 Å². The Morgan fingerprint density at radius 1 is 1.23 bits per heavy atom. The number of hydrogen-bond donors (Lipinski definition) is 1. The highest BCUT2D eigenvalue weighted by atomic mass is 16.7. The third-order valence-corrected chi connectivity index (χ3v) is 3.03. The number of nitrogens with zero attached hydrogens (tertiary/aromatic N) is 1. The predicted molar refractivity (Wildman–Crippen MR) is 81.8 cm³/mol. The van der Waals surface area contributed by atoms with Gasteiger partial charge in [0.1, 0.15) is 5.75 Å². The Morgan fingerprint density at radius 3 is 2.41 bits per heavy atom. The summed E-state index contributed by atoms with van der Waals surface area (Å²) in [6, 6.07) is 6.57. The maximum absolute atomic E-state index is 12.0. The van der Waals surface area contributed by atoms with E-state index in [2.05, 4.69) is 5.32 Å². The number of amides is 2. The predicted octanol–water partition coefficient (Wildman–Crippen LogP) is 2.08. The van der Waals surface area contributed by atoms with E-state index in [9.17, 15) is 9.59 Å². The van der Waals surface area contributed by atoms with Crippen LogP contribution in [-0.4, -0.2) is 51.0 Å². The molecule has 1 N–H and O–H groups in total. The molecular formula is C15H22N2O5. The minimum Gasteiger partial charge on any atom is -0.410 e. The van der Waals surface area contributed by atoms with Crippen LogP contribution < -0.4 is 10.1 Å². The van der Waals surface area contributed by atoms with E-state index in [1.807, 2.05) is 0 Å². The van der Waals surface area contributed by atoms with Crippen LogP contribution in [0.4, 0.5) is 10.5 Å². The van der Waals surface area contributed by atoms with Crippen LogP contribution in [0.3, 0.4) is 0 Å². The van der Waals surface area contributed by atoms with Gasteiger partial charge < -0.3 is 24.4 Å². The molecule has 122 valence electrons. The molecular weight excluding hydrogens is 288 g/mol. The second kappa shape index (κ2) is 7.77. The molecule has 0 aromatic heterocycles. The van der Waals surface area contributed by atoms with Crippen LogP contribution in [0, 0.1) is 0 Å². The largest absolute Gasteiger partial charge is 0.414 e. The lowest BCUT2D eigenvalue weighted by molar-refractivity contribution is -0.196. The highest BCUT2D eigenvalue weighted by Gasteiger charge is 2.26. The van der Waals surface area contributed by atoms with Gasteiger partial charge in [-0.1, -0.05) is 6.07 Å². The molecule has 2 amide bonds. The zero-order valence-corrected chi connectivity index (χ0v) is 13.5. The van der Waals surface area contributed by atoms with Gasteiger partial charge in [-0.3, -0.25) is 4.79 Å². The van der Waals surface area contributed by atoms with Gasteiger partial charge in [0.05, 0.1) is 6.42 Å². The number of nitrogens with one attached hydrogen (secondary N) is 1. The number of carbonyl (C=O) groups is 2. The standard InChI is InChI=1S/C15H22N2O5/c1-15(20-4,21-5)10-13(18)16-11-7-6-8-12(9-11)22-14(19)17(2)3/h6-9H,10H2,1-5H3,(H,16,18). The third-order valence-electron chi connectivity index (χ3n) is 3.03. The van der Waals surface area contributed by atoms with Crippen molar-refractivity contribution in [2.24, 2.45) is 0 Å². The maximum Gasteiger partial charge on any atom is 0.414 e. The van der Waals surface area contributed by atoms with Crippen LogP contribution >= 0.6 is 0 Å². The number of anilines is 1. The van der Waals surface area contributed by atoms with Crippen molar-refractivity contribution in [2.75, 3.05) is 33.6 Å². The summed E-state index contributed by atoms with van der Waals surface area (Å²) in [6.45, 7) is 1.67. The van der Waals surface area contributed by atoms with E-state index in [0.717, 1.165) is 0 Å². The highest BCUT2D eigenvalue weighted by Crippen LogP contribution is 2.20. The molecule has 0 bridgehead atoms. The first kappa shape index (κ1) is 17.9. The molecule has 7 nitrogen and oxygen atoms in total. The van der Waals surface area contributed by atoms with Crippen molar-refractivity contribution in [1.82, 2.24) is 4.90 Å². The smallest absolute Gasteiger partial charge is 0.410 e. The van der Waals surface area contributed by atoms with Crippen LogP contribution in [0.1, 0.15) is 13.3 Å².